The van der Waals surface area contributed by atoms with Gasteiger partial charge in [-0.2, -0.15) is 0 Å². The maximum Gasteiger partial charge on any atom is 0.0343 e. The number of hydrogen-bond donors (Lipinski definition) is 0. The topological polar surface area (TPSA) is 12.9 Å². The molecule has 0 unspecified atom stereocenters. The first kappa shape index (κ1) is 9.72. The van der Waals surface area contributed by atoms with Crippen LogP contribution >= 0.6 is 0 Å². The van der Waals surface area contributed by atoms with Crippen molar-refractivity contribution in [1.29, 1.82) is 0 Å². The lowest BCUT2D eigenvalue weighted by atomic mass is 10.0. The summed E-state index contributed by atoms with van der Waals surface area (Å²) < 4.78 is 0. The van der Waals surface area contributed by atoms with E-state index in [1.54, 1.807) is 6.20 Å². The minimum Gasteiger partial charge on any atom is -0.264 e. The van der Waals surface area contributed by atoms with Crippen LogP contribution in [0.2, 0.25) is 0 Å². The highest BCUT2D eigenvalue weighted by molar-refractivity contribution is 5.68. The third kappa shape index (κ3) is 2.55. The molecule has 0 atom stereocenters. The average Bonchev–Trinajstić information content (AvgIpc) is 2.15. The fourth-order valence-electron chi connectivity index (χ4n) is 1.30. The Bertz CT molecular complexity index is 305. The molecule has 0 fully saturated rings. The number of rotatable bonds is 3. The SMILES string of the molecule is C=CCC(=C(C)C)c1cccnc1. The van der Waals surface area contributed by atoms with Crippen LogP contribution in [0.15, 0.2) is 42.8 Å². The molecular weight excluding hydrogens is 158 g/mol. The summed E-state index contributed by atoms with van der Waals surface area (Å²) in [7, 11) is 0. The molecule has 1 heteroatoms. The largest absolute Gasteiger partial charge is 0.264 e. The lowest BCUT2D eigenvalue weighted by Gasteiger charge is -2.06. The summed E-state index contributed by atoms with van der Waals surface area (Å²) in [5.74, 6) is 0. The molecule has 0 bridgehead atoms. The van der Waals surface area contributed by atoms with E-state index in [1.807, 2.05) is 18.3 Å². The van der Waals surface area contributed by atoms with Crippen LogP contribution in [0.1, 0.15) is 25.8 Å². The lowest BCUT2D eigenvalue weighted by molar-refractivity contribution is 1.25. The molecule has 68 valence electrons. The van der Waals surface area contributed by atoms with Crippen LogP contribution in [-0.2, 0) is 0 Å². The Labute approximate surface area is 79.8 Å². The van der Waals surface area contributed by atoms with E-state index in [0.717, 1.165) is 6.42 Å². The zero-order valence-electron chi connectivity index (χ0n) is 8.25. The predicted octanol–water partition coefficient (Wildman–Crippen LogP) is 3.45. The average molecular weight is 173 g/mol. The van der Waals surface area contributed by atoms with Gasteiger partial charge in [-0.05, 0) is 37.5 Å². The fourth-order valence-corrected chi connectivity index (χ4v) is 1.30. The lowest BCUT2D eigenvalue weighted by Crippen LogP contribution is -1.86. The van der Waals surface area contributed by atoms with Gasteiger partial charge in [-0.3, -0.25) is 4.98 Å². The summed E-state index contributed by atoms with van der Waals surface area (Å²) in [5, 5.41) is 0. The number of aromatic nitrogens is 1. The minimum absolute atomic E-state index is 0.911. The fraction of sp³-hybridized carbons (Fsp3) is 0.250. The van der Waals surface area contributed by atoms with Gasteiger partial charge in [0.15, 0.2) is 0 Å². The quantitative estimate of drug-likeness (QED) is 0.638. The van der Waals surface area contributed by atoms with Gasteiger partial charge in [0.1, 0.15) is 0 Å². The van der Waals surface area contributed by atoms with Gasteiger partial charge in [0.25, 0.3) is 0 Å². The second-order valence-corrected chi connectivity index (χ2v) is 3.21. The second-order valence-electron chi connectivity index (χ2n) is 3.21. The molecule has 0 aliphatic heterocycles. The van der Waals surface area contributed by atoms with Crippen LogP contribution in [0.3, 0.4) is 0 Å². The summed E-state index contributed by atoms with van der Waals surface area (Å²) in [4.78, 5) is 4.10. The molecule has 1 heterocycles. The molecule has 1 rings (SSSR count). The summed E-state index contributed by atoms with van der Waals surface area (Å²) in [6.45, 7) is 7.99. The summed E-state index contributed by atoms with van der Waals surface area (Å²) in [6, 6.07) is 4.04. The smallest absolute Gasteiger partial charge is 0.0343 e. The molecule has 0 amide bonds. The molecule has 0 radical (unpaired) electrons. The van der Waals surface area contributed by atoms with Crippen molar-refractivity contribution in [2.45, 2.75) is 20.3 Å². The van der Waals surface area contributed by atoms with Crippen LogP contribution in [-0.4, -0.2) is 4.98 Å². The zero-order chi connectivity index (χ0) is 9.68. The second kappa shape index (κ2) is 4.61. The van der Waals surface area contributed by atoms with Crippen molar-refractivity contribution in [3.05, 3.63) is 48.3 Å². The highest BCUT2D eigenvalue weighted by atomic mass is 14.6. The summed E-state index contributed by atoms with van der Waals surface area (Å²) in [5.41, 5.74) is 3.85. The van der Waals surface area contributed by atoms with Crippen molar-refractivity contribution in [2.75, 3.05) is 0 Å². The summed E-state index contributed by atoms with van der Waals surface area (Å²) >= 11 is 0. The molecule has 0 aliphatic rings. The van der Waals surface area contributed by atoms with Crippen molar-refractivity contribution in [1.82, 2.24) is 4.98 Å². The first-order valence-corrected chi connectivity index (χ1v) is 4.43. The van der Waals surface area contributed by atoms with Gasteiger partial charge in [-0.1, -0.05) is 17.7 Å². The Morgan fingerprint density at radius 2 is 2.31 bits per heavy atom. The Hall–Kier alpha value is -1.37. The van der Waals surface area contributed by atoms with E-state index in [0.29, 0.717) is 0 Å². The number of allylic oxidation sites excluding steroid dienone is 3. The standard InChI is InChI=1S/C12H15N/c1-4-6-12(10(2)3)11-7-5-8-13-9-11/h4-5,7-9H,1,6H2,2-3H3. The molecular formula is C12H15N. The van der Waals surface area contributed by atoms with E-state index in [-0.39, 0.29) is 0 Å². The van der Waals surface area contributed by atoms with E-state index in [1.165, 1.54) is 16.7 Å². The van der Waals surface area contributed by atoms with Crippen molar-refractivity contribution in [3.63, 3.8) is 0 Å². The van der Waals surface area contributed by atoms with Crippen molar-refractivity contribution in [2.24, 2.45) is 0 Å². The molecule has 13 heavy (non-hydrogen) atoms. The Morgan fingerprint density at radius 3 is 2.77 bits per heavy atom. The molecule has 0 saturated carbocycles. The van der Waals surface area contributed by atoms with Crippen LogP contribution in [0.25, 0.3) is 5.57 Å². The number of nitrogens with zero attached hydrogens (tertiary/aromatic N) is 1. The van der Waals surface area contributed by atoms with E-state index in [9.17, 15) is 0 Å². The Kier molecular flexibility index (Phi) is 3.44. The van der Waals surface area contributed by atoms with E-state index in [4.69, 9.17) is 0 Å². The predicted molar refractivity (Wildman–Crippen MR) is 57.3 cm³/mol. The van der Waals surface area contributed by atoms with E-state index >= 15 is 0 Å². The molecule has 0 saturated heterocycles. The van der Waals surface area contributed by atoms with Crippen molar-refractivity contribution < 1.29 is 0 Å². The highest BCUT2D eigenvalue weighted by Gasteiger charge is 2.00. The Morgan fingerprint density at radius 1 is 1.54 bits per heavy atom. The minimum atomic E-state index is 0.911. The van der Waals surface area contributed by atoms with Gasteiger partial charge in [0, 0.05) is 12.4 Å². The van der Waals surface area contributed by atoms with Gasteiger partial charge >= 0.3 is 0 Å². The van der Waals surface area contributed by atoms with Crippen LogP contribution in [0, 0.1) is 0 Å². The van der Waals surface area contributed by atoms with Gasteiger partial charge < -0.3 is 0 Å². The first-order chi connectivity index (χ1) is 6.25. The van der Waals surface area contributed by atoms with Crippen LogP contribution in [0.4, 0.5) is 0 Å². The van der Waals surface area contributed by atoms with Crippen LogP contribution < -0.4 is 0 Å². The molecule has 1 aromatic rings. The first-order valence-electron chi connectivity index (χ1n) is 4.43. The third-order valence-electron chi connectivity index (χ3n) is 1.96. The van der Waals surface area contributed by atoms with E-state index in [2.05, 4.69) is 31.5 Å². The van der Waals surface area contributed by atoms with Gasteiger partial charge in [0.05, 0.1) is 0 Å². The molecule has 1 aromatic heterocycles. The molecule has 0 aliphatic carbocycles. The number of hydrogen-bond acceptors (Lipinski definition) is 1. The van der Waals surface area contributed by atoms with Gasteiger partial charge in [-0.25, -0.2) is 0 Å². The van der Waals surface area contributed by atoms with Crippen molar-refractivity contribution >= 4 is 5.57 Å². The molecule has 1 nitrogen and oxygen atoms in total. The molecule has 0 spiro atoms. The van der Waals surface area contributed by atoms with Crippen LogP contribution in [0.5, 0.6) is 0 Å². The van der Waals surface area contributed by atoms with Gasteiger partial charge in [-0.15, -0.1) is 6.58 Å². The number of pyridine rings is 1. The maximum absolute atomic E-state index is 4.10. The normalized spacial score (nSPS) is 9.38. The van der Waals surface area contributed by atoms with Crippen molar-refractivity contribution in [3.8, 4) is 0 Å². The van der Waals surface area contributed by atoms with E-state index < -0.39 is 0 Å². The molecule has 0 aromatic carbocycles. The third-order valence-corrected chi connectivity index (χ3v) is 1.96. The Balaban J connectivity index is 3.04. The molecule has 0 N–H and O–H groups in total. The van der Waals surface area contributed by atoms with Gasteiger partial charge in [0.2, 0.25) is 0 Å². The zero-order valence-corrected chi connectivity index (χ0v) is 8.25. The monoisotopic (exact) mass is 173 g/mol. The highest BCUT2D eigenvalue weighted by Crippen LogP contribution is 2.21. The summed E-state index contributed by atoms with van der Waals surface area (Å²) in [6.07, 6.45) is 6.52. The maximum atomic E-state index is 4.10.